The summed E-state index contributed by atoms with van der Waals surface area (Å²) in [7, 11) is 0. The molecule has 9 heteroatoms. The van der Waals surface area contributed by atoms with E-state index in [-0.39, 0.29) is 11.9 Å². The first-order valence-electron chi connectivity index (χ1n) is 8.89. The zero-order chi connectivity index (χ0) is 18.5. The van der Waals surface area contributed by atoms with Crippen LogP contribution in [0.4, 0.5) is 0 Å². The number of aromatic nitrogens is 3. The molecule has 0 unspecified atom stereocenters. The maximum absolute atomic E-state index is 12.4. The zero-order valence-electron chi connectivity index (χ0n) is 14.8. The highest BCUT2D eigenvalue weighted by molar-refractivity contribution is 7.98. The van der Waals surface area contributed by atoms with Gasteiger partial charge in [0.2, 0.25) is 0 Å². The summed E-state index contributed by atoms with van der Waals surface area (Å²) in [6, 6.07) is 8.04. The average Bonchev–Trinajstić information content (AvgIpc) is 3.44. The molecule has 4 rings (SSSR count). The third-order valence-electron chi connectivity index (χ3n) is 4.51. The first-order chi connectivity index (χ1) is 13.3. The highest BCUT2D eigenvalue weighted by Gasteiger charge is 2.22. The fraction of sp³-hybridized carbons (Fsp3) is 0.389. The molecule has 3 aromatic rings. The molecule has 0 aliphatic carbocycles. The molecule has 0 saturated carbocycles. The quantitative estimate of drug-likeness (QED) is 0.590. The summed E-state index contributed by atoms with van der Waals surface area (Å²) in [5.41, 5.74) is 0. The van der Waals surface area contributed by atoms with Crippen LogP contribution in [0.1, 0.15) is 34.0 Å². The van der Waals surface area contributed by atoms with E-state index < -0.39 is 0 Å². The average molecular weight is 404 g/mol. The second-order valence-corrected chi connectivity index (χ2v) is 8.44. The van der Waals surface area contributed by atoms with Gasteiger partial charge in [0.25, 0.3) is 5.91 Å². The van der Waals surface area contributed by atoms with Crippen molar-refractivity contribution >= 4 is 29.0 Å². The number of likely N-dealkylation sites (tertiary alicyclic amines) is 1. The molecule has 27 heavy (non-hydrogen) atoms. The van der Waals surface area contributed by atoms with Crippen LogP contribution in [-0.4, -0.2) is 45.1 Å². The molecule has 7 nitrogen and oxygen atoms in total. The Morgan fingerprint density at radius 3 is 3.00 bits per heavy atom. The van der Waals surface area contributed by atoms with Crippen molar-refractivity contribution in [2.24, 2.45) is 0 Å². The van der Waals surface area contributed by atoms with Gasteiger partial charge in [0.05, 0.1) is 5.75 Å². The van der Waals surface area contributed by atoms with Crippen molar-refractivity contribution < 1.29 is 9.21 Å². The Balaban J connectivity index is 1.22. The van der Waals surface area contributed by atoms with E-state index in [1.54, 1.807) is 17.4 Å². The van der Waals surface area contributed by atoms with Crippen molar-refractivity contribution in [3.63, 3.8) is 0 Å². The number of furan rings is 1. The molecule has 142 valence electrons. The Morgan fingerprint density at radius 1 is 1.37 bits per heavy atom. The Hall–Kier alpha value is -2.10. The molecule has 0 spiro atoms. The molecule has 1 aliphatic rings. The third-order valence-corrected chi connectivity index (χ3v) is 6.27. The molecule has 2 N–H and O–H groups in total. The van der Waals surface area contributed by atoms with Crippen LogP contribution < -0.4 is 5.32 Å². The number of aromatic amines is 1. The van der Waals surface area contributed by atoms with Crippen LogP contribution in [-0.2, 0) is 12.3 Å². The summed E-state index contributed by atoms with van der Waals surface area (Å²) < 4.78 is 5.67. The molecule has 0 aromatic carbocycles. The van der Waals surface area contributed by atoms with Gasteiger partial charge in [-0.3, -0.25) is 14.8 Å². The van der Waals surface area contributed by atoms with Gasteiger partial charge in [-0.1, -0.05) is 17.8 Å². The lowest BCUT2D eigenvalue weighted by Crippen LogP contribution is -2.44. The monoisotopic (exact) mass is 403 g/mol. The first-order valence-corrected chi connectivity index (χ1v) is 10.8. The van der Waals surface area contributed by atoms with Gasteiger partial charge in [-0.05, 0) is 36.4 Å². The van der Waals surface area contributed by atoms with E-state index in [2.05, 4.69) is 42.9 Å². The number of thioether (sulfide) groups is 1. The van der Waals surface area contributed by atoms with Gasteiger partial charge < -0.3 is 9.73 Å². The predicted molar refractivity (Wildman–Crippen MR) is 105 cm³/mol. The summed E-state index contributed by atoms with van der Waals surface area (Å²) in [5, 5.41) is 12.5. The fourth-order valence-electron chi connectivity index (χ4n) is 3.10. The van der Waals surface area contributed by atoms with E-state index in [0.717, 1.165) is 43.4 Å². The predicted octanol–water partition coefficient (Wildman–Crippen LogP) is 3.15. The van der Waals surface area contributed by atoms with Gasteiger partial charge in [0.15, 0.2) is 10.9 Å². The van der Waals surface area contributed by atoms with Crippen molar-refractivity contribution in [2.45, 2.75) is 36.3 Å². The zero-order valence-corrected chi connectivity index (χ0v) is 16.4. The van der Waals surface area contributed by atoms with Crippen LogP contribution in [0.2, 0.25) is 0 Å². The molecule has 1 amide bonds. The molecule has 4 heterocycles. The third kappa shape index (κ3) is 5.00. The van der Waals surface area contributed by atoms with E-state index in [4.69, 9.17) is 4.42 Å². The second kappa shape index (κ2) is 8.73. The normalized spacial score (nSPS) is 15.9. The van der Waals surface area contributed by atoms with E-state index in [9.17, 15) is 4.79 Å². The highest BCUT2D eigenvalue weighted by Crippen LogP contribution is 2.21. The molecular weight excluding hydrogens is 382 g/mol. The molecule has 1 fully saturated rings. The van der Waals surface area contributed by atoms with E-state index in [0.29, 0.717) is 11.5 Å². The summed E-state index contributed by atoms with van der Waals surface area (Å²) in [6.07, 6.45) is 3.40. The number of nitrogens with one attached hydrogen (secondary N) is 2. The summed E-state index contributed by atoms with van der Waals surface area (Å²) in [6.45, 7) is 3.00. The summed E-state index contributed by atoms with van der Waals surface area (Å²) in [5.74, 6) is 1.57. The fourth-order valence-corrected chi connectivity index (χ4v) is 4.51. The highest BCUT2D eigenvalue weighted by atomic mass is 32.2. The molecule has 1 aliphatic heterocycles. The summed E-state index contributed by atoms with van der Waals surface area (Å²) in [4.78, 5) is 20.3. The van der Waals surface area contributed by atoms with Crippen LogP contribution in [0.5, 0.6) is 0 Å². The van der Waals surface area contributed by atoms with Crippen LogP contribution in [0.25, 0.3) is 0 Å². The van der Waals surface area contributed by atoms with Gasteiger partial charge in [0.1, 0.15) is 12.1 Å². The van der Waals surface area contributed by atoms with Crippen LogP contribution >= 0.6 is 23.1 Å². The number of piperidine rings is 1. The van der Waals surface area contributed by atoms with Gasteiger partial charge in [-0.15, -0.1) is 11.3 Å². The van der Waals surface area contributed by atoms with Gasteiger partial charge in [-0.2, -0.15) is 5.10 Å². The molecule has 0 atom stereocenters. The minimum Gasteiger partial charge on any atom is -0.455 e. The number of carbonyl (C=O) groups is 1. The Bertz CT molecular complexity index is 839. The number of thiophene rings is 1. The van der Waals surface area contributed by atoms with Gasteiger partial charge in [0, 0.05) is 30.6 Å². The lowest BCUT2D eigenvalue weighted by molar-refractivity contribution is 0.0880. The van der Waals surface area contributed by atoms with Crippen molar-refractivity contribution in [1.29, 1.82) is 0 Å². The molecule has 1 saturated heterocycles. The number of rotatable bonds is 7. The molecule has 0 radical (unpaired) electrons. The minimum absolute atomic E-state index is 0.136. The number of hydrogen-bond acceptors (Lipinski definition) is 7. The van der Waals surface area contributed by atoms with E-state index >= 15 is 0 Å². The van der Waals surface area contributed by atoms with Crippen LogP contribution in [0.3, 0.4) is 0 Å². The van der Waals surface area contributed by atoms with Crippen molar-refractivity contribution in [3.8, 4) is 0 Å². The van der Waals surface area contributed by atoms with Gasteiger partial charge in [-0.25, -0.2) is 4.98 Å². The van der Waals surface area contributed by atoms with Crippen molar-refractivity contribution in [2.75, 3.05) is 13.1 Å². The van der Waals surface area contributed by atoms with Crippen LogP contribution in [0.15, 0.2) is 45.5 Å². The van der Waals surface area contributed by atoms with E-state index in [1.165, 1.54) is 23.0 Å². The Kier molecular flexibility index (Phi) is 5.90. The molecule has 0 bridgehead atoms. The maximum Gasteiger partial charge on any atom is 0.287 e. The van der Waals surface area contributed by atoms with Crippen LogP contribution in [0, 0.1) is 0 Å². The minimum atomic E-state index is -0.136. The number of nitrogens with zero attached hydrogens (tertiary/aromatic N) is 3. The van der Waals surface area contributed by atoms with Crippen molar-refractivity contribution in [1.82, 2.24) is 25.4 Å². The topological polar surface area (TPSA) is 87.0 Å². The smallest absolute Gasteiger partial charge is 0.287 e. The van der Waals surface area contributed by atoms with Crippen molar-refractivity contribution in [3.05, 3.63) is 52.4 Å². The second-order valence-electron chi connectivity index (χ2n) is 6.45. The lowest BCUT2D eigenvalue weighted by Gasteiger charge is -2.31. The Morgan fingerprint density at radius 2 is 2.26 bits per heavy atom. The number of amides is 1. The maximum atomic E-state index is 12.4. The molecule has 3 aromatic heterocycles. The Labute approximate surface area is 165 Å². The van der Waals surface area contributed by atoms with Gasteiger partial charge >= 0.3 is 0 Å². The molecular formula is C18H21N5O2S2. The summed E-state index contributed by atoms with van der Waals surface area (Å²) >= 11 is 3.28. The standard InChI is InChI=1S/C18H21N5O2S2/c24-17(16-4-3-14(25-16)11-27-18-19-12-20-22-18)21-13-5-7-23(8-6-13)10-15-2-1-9-26-15/h1-4,9,12-13H,5-8,10-11H2,(H,21,24)(H,19,20,22). The largest absolute Gasteiger partial charge is 0.455 e. The number of carbonyl (C=O) groups excluding carboxylic acids is 1. The lowest BCUT2D eigenvalue weighted by atomic mass is 10.0. The van der Waals surface area contributed by atoms with E-state index in [1.807, 2.05) is 6.07 Å². The SMILES string of the molecule is O=C(NC1CCN(Cc2cccs2)CC1)c1ccc(CSc2ncn[nH]2)o1. The number of hydrogen-bond donors (Lipinski definition) is 2. The number of H-pyrrole nitrogens is 1. The first kappa shape index (κ1) is 18.3.